The van der Waals surface area contributed by atoms with Gasteiger partial charge in [0.05, 0.1) is 11.3 Å². The Kier molecular flexibility index (Phi) is 4.27. The van der Waals surface area contributed by atoms with Crippen LogP contribution in [0.1, 0.15) is 41.5 Å². The zero-order chi connectivity index (χ0) is 15.1. The number of esters is 1. The second-order valence-electron chi connectivity index (χ2n) is 6.90. The Bertz CT molecular complexity index is 390. The van der Waals surface area contributed by atoms with E-state index in [4.69, 9.17) is 4.74 Å². The molecule has 1 aliphatic heterocycles. The van der Waals surface area contributed by atoms with Crippen LogP contribution in [0.2, 0.25) is 0 Å². The van der Waals surface area contributed by atoms with E-state index in [1.165, 1.54) is 0 Å². The predicted molar refractivity (Wildman–Crippen MR) is 76.7 cm³/mol. The molecule has 2 atom stereocenters. The van der Waals surface area contributed by atoms with Crippen molar-refractivity contribution in [1.82, 2.24) is 10.0 Å². The third-order valence-corrected chi connectivity index (χ3v) is 3.74. The molecule has 19 heavy (non-hydrogen) atoms. The average molecular weight is 288 g/mol. The van der Waals surface area contributed by atoms with Crippen molar-refractivity contribution in [2.45, 2.75) is 52.7 Å². The van der Waals surface area contributed by atoms with E-state index >= 15 is 0 Å². The lowest BCUT2D eigenvalue weighted by Crippen LogP contribution is -2.50. The predicted octanol–water partition coefficient (Wildman–Crippen LogP) is 1.29. The lowest BCUT2D eigenvalue weighted by atomic mass is 9.72. The van der Waals surface area contributed by atoms with E-state index in [0.717, 1.165) is 0 Å². The molecule has 110 valence electrons. The molecule has 0 bridgehead atoms. The molecule has 1 aliphatic rings. The smallest absolute Gasteiger partial charge is 0.312 e. The molecule has 2 N–H and O–H groups in total. The van der Waals surface area contributed by atoms with Gasteiger partial charge in [-0.05, 0) is 41.5 Å². The zero-order valence-electron chi connectivity index (χ0n) is 12.5. The highest BCUT2D eigenvalue weighted by Crippen LogP contribution is 2.42. The third kappa shape index (κ3) is 3.23. The minimum absolute atomic E-state index is 0.273. The maximum absolute atomic E-state index is 12.4. The Hall–Kier alpha value is -0.750. The molecule has 0 aromatic rings. The summed E-state index contributed by atoms with van der Waals surface area (Å²) < 4.78 is 7.80. The lowest BCUT2D eigenvalue weighted by Gasteiger charge is -2.35. The first-order valence-electron chi connectivity index (χ1n) is 6.36. The molecule has 6 heteroatoms. The molecule has 1 saturated heterocycles. The molecule has 1 rings (SSSR count). The van der Waals surface area contributed by atoms with Gasteiger partial charge in [0.1, 0.15) is 5.60 Å². The molecule has 0 aromatic carbocycles. The Morgan fingerprint density at radius 2 is 1.84 bits per heavy atom. The Balaban J connectivity index is 3.10. The Morgan fingerprint density at radius 3 is 2.26 bits per heavy atom. The molecule has 5 nitrogen and oxygen atoms in total. The summed E-state index contributed by atoms with van der Waals surface area (Å²) in [7, 11) is 0. The minimum atomic E-state index is -0.867. The first-order chi connectivity index (χ1) is 8.44. The van der Waals surface area contributed by atoms with Gasteiger partial charge in [-0.1, -0.05) is 12.8 Å². The third-order valence-electron chi connectivity index (χ3n) is 3.53. The van der Waals surface area contributed by atoms with Crippen LogP contribution in [0.3, 0.4) is 0 Å². The van der Waals surface area contributed by atoms with Crippen molar-refractivity contribution in [2.75, 3.05) is 6.54 Å². The van der Waals surface area contributed by atoms with Gasteiger partial charge in [0, 0.05) is 12.1 Å². The lowest BCUT2D eigenvalue weighted by molar-refractivity contribution is -0.167. The number of carbonyl (C=O) groups excluding carboxylic acids is 2. The quantitative estimate of drug-likeness (QED) is 0.529. The summed E-state index contributed by atoms with van der Waals surface area (Å²) in [5.41, 5.74) is -1.95. The second-order valence-corrected chi connectivity index (χ2v) is 7.12. The largest absolute Gasteiger partial charge is 0.460 e. The standard InChI is InChI=1S/C13H24N2O3S/c1-11(2,3)18-9(16)8-12(4,5)14-7-13(8,6)10(17)15-19/h8,14,19H,7H2,1-6H3,(H,15,17). The number of hydrogen-bond acceptors (Lipinski definition) is 5. The number of ether oxygens (including phenoxy) is 1. The highest BCUT2D eigenvalue weighted by Gasteiger charge is 2.58. The molecule has 2 unspecified atom stereocenters. The first kappa shape index (κ1) is 16.3. The molecule has 1 heterocycles. The van der Waals surface area contributed by atoms with Crippen LogP contribution in [0.25, 0.3) is 0 Å². The fourth-order valence-corrected chi connectivity index (χ4v) is 2.92. The van der Waals surface area contributed by atoms with Crippen molar-refractivity contribution in [3.63, 3.8) is 0 Å². The van der Waals surface area contributed by atoms with Crippen molar-refractivity contribution in [1.29, 1.82) is 0 Å². The number of rotatable bonds is 2. The van der Waals surface area contributed by atoms with Gasteiger partial charge < -0.3 is 14.8 Å². The van der Waals surface area contributed by atoms with Gasteiger partial charge in [0.25, 0.3) is 0 Å². The fourth-order valence-electron chi connectivity index (χ4n) is 2.67. The fraction of sp³-hybridized carbons (Fsp3) is 0.846. The summed E-state index contributed by atoms with van der Waals surface area (Å²) in [4.78, 5) is 24.5. The maximum Gasteiger partial charge on any atom is 0.312 e. The van der Waals surface area contributed by atoms with Crippen LogP contribution >= 0.6 is 12.8 Å². The van der Waals surface area contributed by atoms with Crippen LogP contribution < -0.4 is 10.0 Å². The van der Waals surface area contributed by atoms with Crippen molar-refractivity contribution in [3.8, 4) is 0 Å². The zero-order valence-corrected chi connectivity index (χ0v) is 13.4. The van der Waals surface area contributed by atoms with Crippen molar-refractivity contribution in [3.05, 3.63) is 0 Å². The normalized spacial score (nSPS) is 29.9. The monoisotopic (exact) mass is 288 g/mol. The molecule has 0 aromatic heterocycles. The van der Waals surface area contributed by atoms with Gasteiger partial charge in [-0.25, -0.2) is 0 Å². The molecular weight excluding hydrogens is 264 g/mol. The number of amides is 1. The van der Waals surface area contributed by atoms with Crippen LogP contribution in [0.4, 0.5) is 0 Å². The van der Waals surface area contributed by atoms with E-state index < -0.39 is 22.5 Å². The second kappa shape index (κ2) is 4.98. The molecular formula is C13H24N2O3S. The van der Waals surface area contributed by atoms with E-state index in [0.29, 0.717) is 6.54 Å². The van der Waals surface area contributed by atoms with Gasteiger partial charge in [-0.3, -0.25) is 9.59 Å². The number of thiol groups is 1. The Labute approximate surface area is 120 Å². The Morgan fingerprint density at radius 1 is 1.32 bits per heavy atom. The summed E-state index contributed by atoms with van der Waals surface area (Å²) in [6.45, 7) is 11.4. The molecule has 0 radical (unpaired) electrons. The number of nitrogens with one attached hydrogen (secondary N) is 2. The van der Waals surface area contributed by atoms with E-state index in [2.05, 4.69) is 22.9 Å². The van der Waals surface area contributed by atoms with Crippen LogP contribution in [0.15, 0.2) is 0 Å². The van der Waals surface area contributed by atoms with E-state index in [1.807, 2.05) is 34.6 Å². The van der Waals surface area contributed by atoms with Crippen LogP contribution in [0, 0.1) is 11.3 Å². The molecule has 1 fully saturated rings. The summed E-state index contributed by atoms with van der Waals surface area (Å²) in [6, 6.07) is 0. The van der Waals surface area contributed by atoms with Gasteiger partial charge in [0.15, 0.2) is 0 Å². The van der Waals surface area contributed by atoms with Crippen LogP contribution in [-0.2, 0) is 14.3 Å². The SMILES string of the molecule is CC(C)(C)OC(=O)C1C(C)(C)NCC1(C)C(=O)NS. The average Bonchev–Trinajstić information content (AvgIpc) is 2.47. The highest BCUT2D eigenvalue weighted by molar-refractivity contribution is 7.78. The van der Waals surface area contributed by atoms with Crippen molar-refractivity contribution >= 4 is 24.7 Å². The van der Waals surface area contributed by atoms with Crippen LogP contribution in [0.5, 0.6) is 0 Å². The molecule has 0 spiro atoms. The van der Waals surface area contributed by atoms with E-state index in [9.17, 15) is 9.59 Å². The summed E-state index contributed by atoms with van der Waals surface area (Å²) in [5, 5.41) is 3.22. The minimum Gasteiger partial charge on any atom is -0.460 e. The molecule has 0 saturated carbocycles. The number of hydrogen-bond donors (Lipinski definition) is 3. The van der Waals surface area contributed by atoms with Gasteiger partial charge in [-0.2, -0.15) is 0 Å². The maximum atomic E-state index is 12.4. The molecule has 1 amide bonds. The topological polar surface area (TPSA) is 67.4 Å². The van der Waals surface area contributed by atoms with Crippen molar-refractivity contribution < 1.29 is 14.3 Å². The van der Waals surface area contributed by atoms with Crippen LogP contribution in [-0.4, -0.2) is 29.6 Å². The molecule has 0 aliphatic carbocycles. The summed E-state index contributed by atoms with van der Waals surface area (Å²) in [5.74, 6) is -1.20. The van der Waals surface area contributed by atoms with Crippen molar-refractivity contribution in [2.24, 2.45) is 11.3 Å². The van der Waals surface area contributed by atoms with Gasteiger partial charge >= 0.3 is 5.97 Å². The highest BCUT2D eigenvalue weighted by atomic mass is 32.1. The van der Waals surface area contributed by atoms with E-state index in [-0.39, 0.29) is 11.9 Å². The number of carbonyl (C=O) groups is 2. The van der Waals surface area contributed by atoms with Gasteiger partial charge in [-0.15, -0.1) is 0 Å². The summed E-state index contributed by atoms with van der Waals surface area (Å²) in [6.07, 6.45) is 0. The van der Waals surface area contributed by atoms with E-state index in [1.54, 1.807) is 6.92 Å². The summed E-state index contributed by atoms with van der Waals surface area (Å²) >= 11 is 3.82. The first-order valence-corrected chi connectivity index (χ1v) is 6.81. The van der Waals surface area contributed by atoms with Gasteiger partial charge in [0.2, 0.25) is 5.91 Å².